The second kappa shape index (κ2) is 6.82. The summed E-state index contributed by atoms with van der Waals surface area (Å²) in [6.07, 6.45) is 4.45. The Labute approximate surface area is 100.0 Å². The molecule has 0 radical (unpaired) electrons. The van der Waals surface area contributed by atoms with E-state index in [4.69, 9.17) is 0 Å². The molecular formula is C9H15N3O2S2. The van der Waals surface area contributed by atoms with E-state index in [-0.39, 0.29) is 5.75 Å². The first-order valence-corrected chi connectivity index (χ1v) is 7.90. The Morgan fingerprint density at radius 2 is 2.25 bits per heavy atom. The second-order valence-electron chi connectivity index (χ2n) is 3.28. The minimum absolute atomic E-state index is 0.186. The number of sulfone groups is 1. The van der Waals surface area contributed by atoms with Crippen molar-refractivity contribution in [3.63, 3.8) is 0 Å². The third kappa shape index (κ3) is 6.76. The van der Waals surface area contributed by atoms with E-state index in [1.54, 1.807) is 18.0 Å². The van der Waals surface area contributed by atoms with Gasteiger partial charge in [-0.1, -0.05) is 0 Å². The van der Waals surface area contributed by atoms with Crippen LogP contribution in [0.4, 0.5) is 0 Å². The van der Waals surface area contributed by atoms with Crippen molar-refractivity contribution in [2.45, 2.75) is 5.03 Å². The van der Waals surface area contributed by atoms with Crippen molar-refractivity contribution in [2.24, 2.45) is 0 Å². The van der Waals surface area contributed by atoms with Gasteiger partial charge in [0.15, 0.2) is 0 Å². The van der Waals surface area contributed by atoms with Crippen LogP contribution in [0.3, 0.4) is 0 Å². The predicted molar refractivity (Wildman–Crippen MR) is 65.3 cm³/mol. The lowest BCUT2D eigenvalue weighted by Gasteiger charge is -2.03. The SMILES string of the molecule is CS(=O)(=O)CCNCCSc1ccncn1. The van der Waals surface area contributed by atoms with Gasteiger partial charge in [-0.05, 0) is 6.07 Å². The average Bonchev–Trinajstić information content (AvgIpc) is 2.23. The Bertz CT molecular complexity index is 394. The molecule has 0 fully saturated rings. The van der Waals surface area contributed by atoms with Gasteiger partial charge in [-0.25, -0.2) is 18.4 Å². The van der Waals surface area contributed by atoms with Gasteiger partial charge in [-0.2, -0.15) is 0 Å². The summed E-state index contributed by atoms with van der Waals surface area (Å²) in [5.41, 5.74) is 0. The first-order chi connectivity index (χ1) is 7.58. The van der Waals surface area contributed by atoms with E-state index < -0.39 is 9.84 Å². The molecule has 0 saturated heterocycles. The molecule has 7 heteroatoms. The van der Waals surface area contributed by atoms with Crippen LogP contribution in [0.15, 0.2) is 23.6 Å². The largest absolute Gasteiger partial charge is 0.315 e. The van der Waals surface area contributed by atoms with Gasteiger partial charge in [0.05, 0.1) is 10.8 Å². The van der Waals surface area contributed by atoms with Crippen LogP contribution in [0.1, 0.15) is 0 Å². The maximum atomic E-state index is 10.8. The van der Waals surface area contributed by atoms with Crippen LogP contribution in [0.2, 0.25) is 0 Å². The van der Waals surface area contributed by atoms with E-state index in [0.717, 1.165) is 17.3 Å². The standard InChI is InChI=1S/C9H15N3O2S2/c1-16(13,14)7-5-10-4-6-15-9-2-3-11-8-12-9/h2-3,8,10H,4-7H2,1H3. The molecule has 5 nitrogen and oxygen atoms in total. The van der Waals surface area contributed by atoms with E-state index in [9.17, 15) is 8.42 Å². The molecule has 90 valence electrons. The summed E-state index contributed by atoms with van der Waals surface area (Å²) < 4.78 is 21.6. The fraction of sp³-hybridized carbons (Fsp3) is 0.556. The van der Waals surface area contributed by atoms with E-state index >= 15 is 0 Å². The Morgan fingerprint density at radius 1 is 1.44 bits per heavy atom. The van der Waals surface area contributed by atoms with Gasteiger partial charge in [0, 0.05) is 31.3 Å². The zero-order chi connectivity index (χ0) is 11.9. The zero-order valence-corrected chi connectivity index (χ0v) is 10.7. The smallest absolute Gasteiger partial charge is 0.148 e. The maximum Gasteiger partial charge on any atom is 0.148 e. The molecule has 0 atom stereocenters. The summed E-state index contributed by atoms with van der Waals surface area (Å²) in [7, 11) is -2.85. The van der Waals surface area contributed by atoms with E-state index in [1.165, 1.54) is 12.6 Å². The molecule has 1 aromatic rings. The number of nitrogens with one attached hydrogen (secondary N) is 1. The fourth-order valence-electron chi connectivity index (χ4n) is 0.974. The summed E-state index contributed by atoms with van der Waals surface area (Å²) >= 11 is 1.62. The molecular weight excluding hydrogens is 246 g/mol. The van der Waals surface area contributed by atoms with Crippen molar-refractivity contribution in [1.82, 2.24) is 15.3 Å². The monoisotopic (exact) mass is 261 g/mol. The molecule has 0 spiro atoms. The lowest BCUT2D eigenvalue weighted by atomic mass is 10.7. The summed E-state index contributed by atoms with van der Waals surface area (Å²) in [6, 6.07) is 1.85. The molecule has 0 bridgehead atoms. The lowest BCUT2D eigenvalue weighted by Crippen LogP contribution is -2.24. The molecule has 1 heterocycles. The quantitative estimate of drug-likeness (QED) is 0.429. The minimum Gasteiger partial charge on any atom is -0.315 e. The maximum absolute atomic E-state index is 10.8. The Balaban J connectivity index is 2.05. The highest BCUT2D eigenvalue weighted by Crippen LogP contribution is 2.11. The number of thioether (sulfide) groups is 1. The first kappa shape index (κ1) is 13.4. The van der Waals surface area contributed by atoms with Crippen molar-refractivity contribution in [3.05, 3.63) is 18.6 Å². The lowest BCUT2D eigenvalue weighted by molar-refractivity contribution is 0.598. The van der Waals surface area contributed by atoms with Gasteiger partial charge in [0.25, 0.3) is 0 Å². The molecule has 1 rings (SSSR count). The van der Waals surface area contributed by atoms with Crippen LogP contribution < -0.4 is 5.32 Å². The Kier molecular flexibility index (Phi) is 5.72. The molecule has 16 heavy (non-hydrogen) atoms. The van der Waals surface area contributed by atoms with Crippen LogP contribution in [0.25, 0.3) is 0 Å². The van der Waals surface area contributed by atoms with Crippen molar-refractivity contribution in [3.8, 4) is 0 Å². The summed E-state index contributed by atoms with van der Waals surface area (Å²) in [5.74, 6) is 1.05. The Morgan fingerprint density at radius 3 is 2.88 bits per heavy atom. The van der Waals surface area contributed by atoms with Crippen molar-refractivity contribution >= 4 is 21.6 Å². The van der Waals surface area contributed by atoms with Crippen molar-refractivity contribution in [2.75, 3.05) is 30.9 Å². The molecule has 0 amide bonds. The van der Waals surface area contributed by atoms with Gasteiger partial charge in [-0.15, -0.1) is 11.8 Å². The van der Waals surface area contributed by atoms with Crippen LogP contribution >= 0.6 is 11.8 Å². The second-order valence-corrected chi connectivity index (χ2v) is 6.65. The zero-order valence-electron chi connectivity index (χ0n) is 9.09. The summed E-state index contributed by atoms with van der Waals surface area (Å²) in [4.78, 5) is 7.89. The first-order valence-electron chi connectivity index (χ1n) is 4.85. The summed E-state index contributed by atoms with van der Waals surface area (Å²) in [6.45, 7) is 1.27. The number of aromatic nitrogens is 2. The van der Waals surface area contributed by atoms with Crippen LogP contribution in [-0.2, 0) is 9.84 Å². The van der Waals surface area contributed by atoms with Crippen LogP contribution in [0, 0.1) is 0 Å². The Hall–Kier alpha value is -0.660. The highest BCUT2D eigenvalue weighted by Gasteiger charge is 2.00. The number of hydrogen-bond acceptors (Lipinski definition) is 6. The molecule has 1 aromatic heterocycles. The molecule has 0 saturated carbocycles. The predicted octanol–water partition coefficient (Wildman–Crippen LogP) is 0.203. The van der Waals surface area contributed by atoms with E-state index in [1.807, 2.05) is 6.07 Å². The number of nitrogens with zero attached hydrogens (tertiary/aromatic N) is 2. The molecule has 0 unspecified atom stereocenters. The highest BCUT2D eigenvalue weighted by atomic mass is 32.2. The fourth-order valence-corrected chi connectivity index (χ4v) is 2.22. The molecule has 1 N–H and O–H groups in total. The van der Waals surface area contributed by atoms with Gasteiger partial charge < -0.3 is 5.32 Å². The molecule has 0 aromatic carbocycles. The number of hydrogen-bond donors (Lipinski definition) is 1. The summed E-state index contributed by atoms with van der Waals surface area (Å²) in [5, 5.41) is 4.00. The topological polar surface area (TPSA) is 72.0 Å². The minimum atomic E-state index is -2.85. The molecule has 0 aliphatic carbocycles. The van der Waals surface area contributed by atoms with E-state index in [2.05, 4.69) is 15.3 Å². The van der Waals surface area contributed by atoms with Crippen molar-refractivity contribution in [1.29, 1.82) is 0 Å². The van der Waals surface area contributed by atoms with Gasteiger partial charge in [0.2, 0.25) is 0 Å². The normalized spacial score (nSPS) is 11.6. The van der Waals surface area contributed by atoms with E-state index in [0.29, 0.717) is 6.54 Å². The highest BCUT2D eigenvalue weighted by molar-refractivity contribution is 7.99. The average molecular weight is 261 g/mol. The van der Waals surface area contributed by atoms with Crippen molar-refractivity contribution < 1.29 is 8.42 Å². The molecule has 0 aliphatic rings. The van der Waals surface area contributed by atoms with Crippen LogP contribution in [-0.4, -0.2) is 49.2 Å². The van der Waals surface area contributed by atoms with Gasteiger partial charge in [0.1, 0.15) is 16.2 Å². The molecule has 0 aliphatic heterocycles. The van der Waals surface area contributed by atoms with Gasteiger partial charge >= 0.3 is 0 Å². The number of rotatable bonds is 7. The van der Waals surface area contributed by atoms with Crippen LogP contribution in [0.5, 0.6) is 0 Å². The third-order valence-corrected chi connectivity index (χ3v) is 3.62. The third-order valence-electron chi connectivity index (χ3n) is 1.73. The van der Waals surface area contributed by atoms with Gasteiger partial charge in [-0.3, -0.25) is 0 Å².